The molecule has 0 bridgehead atoms. The summed E-state index contributed by atoms with van der Waals surface area (Å²) in [5.41, 5.74) is 1.84. The van der Waals surface area contributed by atoms with Crippen LogP contribution in [0.25, 0.3) is 17.2 Å². The van der Waals surface area contributed by atoms with Gasteiger partial charge in [-0.25, -0.2) is 9.78 Å². The molecule has 0 aliphatic carbocycles. The third kappa shape index (κ3) is 3.72. The van der Waals surface area contributed by atoms with Gasteiger partial charge in [-0.05, 0) is 30.3 Å². The lowest BCUT2D eigenvalue weighted by molar-refractivity contribution is -0.111. The van der Waals surface area contributed by atoms with Crippen molar-refractivity contribution in [2.24, 2.45) is 0 Å². The van der Waals surface area contributed by atoms with Crippen LogP contribution in [0.3, 0.4) is 0 Å². The van der Waals surface area contributed by atoms with E-state index in [2.05, 4.69) is 10.3 Å². The molecule has 3 aromatic rings. The molecule has 0 radical (unpaired) electrons. The number of carbonyl (C=O) groups excluding carboxylic acids is 2. The van der Waals surface area contributed by atoms with Crippen LogP contribution in [0, 0.1) is 0 Å². The van der Waals surface area contributed by atoms with Gasteiger partial charge >= 0.3 is 5.97 Å². The van der Waals surface area contributed by atoms with Crippen LogP contribution in [0.5, 0.6) is 5.75 Å². The van der Waals surface area contributed by atoms with E-state index in [0.717, 1.165) is 0 Å². The predicted molar refractivity (Wildman–Crippen MR) is 96.0 cm³/mol. The van der Waals surface area contributed by atoms with Crippen LogP contribution in [-0.4, -0.2) is 31.1 Å². The van der Waals surface area contributed by atoms with Crippen molar-refractivity contribution in [3.8, 4) is 5.75 Å². The van der Waals surface area contributed by atoms with E-state index in [1.807, 2.05) is 18.2 Å². The monoisotopic (exact) mass is 352 g/mol. The van der Waals surface area contributed by atoms with Crippen molar-refractivity contribution in [3.63, 3.8) is 0 Å². The highest BCUT2D eigenvalue weighted by Crippen LogP contribution is 2.23. The van der Waals surface area contributed by atoms with Crippen LogP contribution < -0.4 is 10.1 Å². The van der Waals surface area contributed by atoms with E-state index < -0.39 is 11.9 Å². The summed E-state index contributed by atoms with van der Waals surface area (Å²) in [7, 11) is 2.75. The maximum atomic E-state index is 12.2. The first-order chi connectivity index (χ1) is 12.6. The number of aromatic nitrogens is 1. The van der Waals surface area contributed by atoms with Gasteiger partial charge in [0.25, 0.3) is 0 Å². The number of fused-ring (bicyclic) bond motifs is 1. The third-order valence-corrected chi connectivity index (χ3v) is 3.58. The van der Waals surface area contributed by atoms with E-state index in [1.54, 1.807) is 18.2 Å². The zero-order chi connectivity index (χ0) is 18.5. The average molecular weight is 352 g/mol. The number of hydrogen-bond acceptors (Lipinski definition) is 6. The smallest absolute Gasteiger partial charge is 0.340 e. The number of para-hydroxylation sites is 2. The molecule has 0 aliphatic heterocycles. The lowest BCUT2D eigenvalue weighted by atomic mass is 10.1. The van der Waals surface area contributed by atoms with E-state index in [1.165, 1.54) is 32.4 Å². The molecule has 0 unspecified atom stereocenters. The maximum absolute atomic E-state index is 12.2. The molecule has 7 heteroatoms. The van der Waals surface area contributed by atoms with E-state index in [0.29, 0.717) is 28.4 Å². The van der Waals surface area contributed by atoms with Crippen LogP contribution in [0.15, 0.2) is 53.0 Å². The van der Waals surface area contributed by atoms with Crippen molar-refractivity contribution >= 4 is 34.7 Å². The van der Waals surface area contributed by atoms with Gasteiger partial charge in [0.2, 0.25) is 11.8 Å². The number of amides is 1. The molecular formula is C19H16N2O5. The second kappa shape index (κ2) is 7.52. The Hall–Kier alpha value is -3.61. The first-order valence-electron chi connectivity index (χ1n) is 7.71. The molecule has 0 atom stereocenters. The number of carbonyl (C=O) groups is 2. The van der Waals surface area contributed by atoms with Gasteiger partial charge in [-0.2, -0.15) is 0 Å². The van der Waals surface area contributed by atoms with E-state index in [-0.39, 0.29) is 5.56 Å². The Kier molecular flexibility index (Phi) is 4.98. The Bertz CT molecular complexity index is 958. The Morgan fingerprint density at radius 2 is 1.96 bits per heavy atom. The van der Waals surface area contributed by atoms with Gasteiger partial charge in [-0.15, -0.1) is 0 Å². The van der Waals surface area contributed by atoms with E-state index in [9.17, 15) is 9.59 Å². The maximum Gasteiger partial charge on any atom is 0.340 e. The number of esters is 1. The minimum atomic E-state index is -0.581. The normalized spacial score (nSPS) is 10.8. The molecule has 0 saturated carbocycles. The summed E-state index contributed by atoms with van der Waals surface area (Å²) in [6.45, 7) is 0. The fourth-order valence-corrected chi connectivity index (χ4v) is 2.32. The molecule has 1 aromatic heterocycles. The number of oxazole rings is 1. The summed E-state index contributed by atoms with van der Waals surface area (Å²) in [5.74, 6) is -0.237. The molecule has 0 fully saturated rings. The first kappa shape index (κ1) is 17.2. The number of anilines is 1. The quantitative estimate of drug-likeness (QED) is 0.560. The molecule has 0 spiro atoms. The van der Waals surface area contributed by atoms with Gasteiger partial charge in [0.1, 0.15) is 11.3 Å². The van der Waals surface area contributed by atoms with Crippen LogP contribution in [0.2, 0.25) is 0 Å². The van der Waals surface area contributed by atoms with Gasteiger partial charge in [-0.1, -0.05) is 12.1 Å². The number of hydrogen-bond donors (Lipinski definition) is 1. The lowest BCUT2D eigenvalue weighted by Gasteiger charge is -2.10. The Morgan fingerprint density at radius 3 is 2.69 bits per heavy atom. The lowest BCUT2D eigenvalue weighted by Crippen LogP contribution is -2.13. The van der Waals surface area contributed by atoms with Gasteiger partial charge < -0.3 is 19.2 Å². The van der Waals surface area contributed by atoms with Crippen LogP contribution in [0.4, 0.5) is 5.69 Å². The van der Waals surface area contributed by atoms with Crippen molar-refractivity contribution < 1.29 is 23.5 Å². The minimum absolute atomic E-state index is 0.190. The van der Waals surface area contributed by atoms with Crippen molar-refractivity contribution in [1.82, 2.24) is 4.98 Å². The topological polar surface area (TPSA) is 90.7 Å². The highest BCUT2D eigenvalue weighted by Gasteiger charge is 2.14. The van der Waals surface area contributed by atoms with Crippen LogP contribution in [-0.2, 0) is 9.53 Å². The fraction of sp³-hybridized carbons (Fsp3) is 0.105. The summed E-state index contributed by atoms with van der Waals surface area (Å²) < 4.78 is 15.3. The van der Waals surface area contributed by atoms with Gasteiger partial charge in [0.05, 0.1) is 25.5 Å². The molecule has 1 amide bonds. The molecule has 7 nitrogen and oxygen atoms in total. The van der Waals surface area contributed by atoms with Crippen molar-refractivity contribution in [3.05, 3.63) is 60.0 Å². The molecule has 0 aliphatic rings. The predicted octanol–water partition coefficient (Wildman–Crippen LogP) is 3.27. The highest BCUT2D eigenvalue weighted by atomic mass is 16.5. The summed E-state index contributed by atoms with van der Waals surface area (Å²) >= 11 is 0. The minimum Gasteiger partial charge on any atom is -0.497 e. The average Bonchev–Trinajstić information content (AvgIpc) is 3.09. The van der Waals surface area contributed by atoms with E-state index >= 15 is 0 Å². The van der Waals surface area contributed by atoms with Gasteiger partial charge in [-0.3, -0.25) is 4.79 Å². The number of methoxy groups -OCH3 is 2. The fourth-order valence-electron chi connectivity index (χ4n) is 2.32. The molecule has 1 heterocycles. The van der Waals surface area contributed by atoms with Gasteiger partial charge in [0, 0.05) is 12.2 Å². The largest absolute Gasteiger partial charge is 0.497 e. The molecular weight excluding hydrogens is 336 g/mol. The standard InChI is InChI=1S/C19H16N2O5/c1-24-12-7-8-14(13(11-12)19(23)25-2)20-17(22)9-10-18-21-15-5-3-4-6-16(15)26-18/h3-11H,1-2H3,(H,20,22)/b10-9+. The second-order valence-electron chi connectivity index (χ2n) is 5.25. The number of nitrogens with one attached hydrogen (secondary N) is 1. The molecule has 0 saturated heterocycles. The highest BCUT2D eigenvalue weighted by molar-refractivity contribution is 6.06. The van der Waals surface area contributed by atoms with Crippen molar-refractivity contribution in [2.75, 3.05) is 19.5 Å². The number of benzene rings is 2. The summed E-state index contributed by atoms with van der Waals surface area (Å²) in [6, 6.07) is 12.0. The Balaban J connectivity index is 1.78. The Labute approximate surface area is 149 Å². The number of rotatable bonds is 5. The van der Waals surface area contributed by atoms with E-state index in [4.69, 9.17) is 13.9 Å². The SMILES string of the molecule is COC(=O)c1cc(OC)ccc1NC(=O)/C=C/c1nc2ccccc2o1. The number of ether oxygens (including phenoxy) is 2. The molecule has 1 N–H and O–H groups in total. The van der Waals surface area contributed by atoms with Crippen LogP contribution in [0.1, 0.15) is 16.2 Å². The summed E-state index contributed by atoms with van der Waals surface area (Å²) in [5, 5.41) is 2.63. The first-order valence-corrected chi connectivity index (χ1v) is 7.71. The number of nitrogens with zero attached hydrogens (tertiary/aromatic N) is 1. The second-order valence-corrected chi connectivity index (χ2v) is 5.25. The third-order valence-electron chi connectivity index (χ3n) is 3.58. The molecule has 132 valence electrons. The van der Waals surface area contributed by atoms with Crippen LogP contribution >= 0.6 is 0 Å². The summed E-state index contributed by atoms with van der Waals surface area (Å²) in [4.78, 5) is 28.3. The zero-order valence-electron chi connectivity index (χ0n) is 14.2. The zero-order valence-corrected chi connectivity index (χ0v) is 14.2. The van der Waals surface area contributed by atoms with Crippen molar-refractivity contribution in [1.29, 1.82) is 0 Å². The summed E-state index contributed by atoms with van der Waals surface area (Å²) in [6.07, 6.45) is 2.73. The molecule has 3 rings (SSSR count). The van der Waals surface area contributed by atoms with Crippen molar-refractivity contribution in [2.45, 2.75) is 0 Å². The molecule has 26 heavy (non-hydrogen) atoms. The van der Waals surface area contributed by atoms with Gasteiger partial charge in [0.15, 0.2) is 5.58 Å². The molecule has 2 aromatic carbocycles. The Morgan fingerprint density at radius 1 is 1.15 bits per heavy atom.